The quantitative estimate of drug-likeness (QED) is 0.741. The predicted octanol–water partition coefficient (Wildman–Crippen LogP) is 3.02. The number of nitrogens with zero attached hydrogens (tertiary/aromatic N) is 2. The molecule has 1 heterocycles. The van der Waals surface area contributed by atoms with Gasteiger partial charge in [-0.1, -0.05) is 19.4 Å². The number of hydrogen-bond donors (Lipinski definition) is 0. The molecule has 1 aliphatic carbocycles. The molecule has 0 aliphatic heterocycles. The fourth-order valence-corrected chi connectivity index (χ4v) is 1.83. The fourth-order valence-electron chi connectivity index (χ4n) is 1.83. The minimum atomic E-state index is -0.384. The third-order valence-corrected chi connectivity index (χ3v) is 2.84. The molecule has 0 spiro atoms. The van der Waals surface area contributed by atoms with Gasteiger partial charge >= 0.3 is 0 Å². The van der Waals surface area contributed by atoms with E-state index in [0.29, 0.717) is 11.7 Å². The molecule has 0 aromatic carbocycles. The van der Waals surface area contributed by atoms with Gasteiger partial charge in [0.1, 0.15) is 0 Å². The SMILES string of the molecule is [CH2]CC1CC=C(c2ncc(F)cn2)CC1. The standard InChI is InChI=1S/C12H14FN2/c1-2-9-3-5-10(6-4-9)12-14-7-11(13)8-15-12/h5,7-9H,1-4,6H2. The summed E-state index contributed by atoms with van der Waals surface area (Å²) in [5.41, 5.74) is 1.14. The lowest BCUT2D eigenvalue weighted by atomic mass is 9.88. The maximum absolute atomic E-state index is 12.6. The zero-order valence-electron chi connectivity index (χ0n) is 8.62. The van der Waals surface area contributed by atoms with Crippen LogP contribution in [0.25, 0.3) is 5.57 Å². The Labute approximate surface area is 89.3 Å². The van der Waals surface area contributed by atoms with E-state index in [1.165, 1.54) is 12.4 Å². The van der Waals surface area contributed by atoms with Gasteiger partial charge in [-0.15, -0.1) is 0 Å². The summed E-state index contributed by atoms with van der Waals surface area (Å²) in [4.78, 5) is 7.97. The number of hydrogen-bond acceptors (Lipinski definition) is 2. The summed E-state index contributed by atoms with van der Waals surface area (Å²) in [5, 5.41) is 0. The van der Waals surface area contributed by atoms with Crippen molar-refractivity contribution < 1.29 is 4.39 Å². The van der Waals surface area contributed by atoms with Crippen LogP contribution in [-0.2, 0) is 0 Å². The summed E-state index contributed by atoms with van der Waals surface area (Å²) in [6.45, 7) is 3.91. The van der Waals surface area contributed by atoms with Crippen molar-refractivity contribution in [2.75, 3.05) is 0 Å². The Morgan fingerprint density at radius 3 is 2.67 bits per heavy atom. The van der Waals surface area contributed by atoms with Gasteiger partial charge in [0.05, 0.1) is 12.4 Å². The number of halogens is 1. The second-order valence-electron chi connectivity index (χ2n) is 3.88. The first-order valence-corrected chi connectivity index (χ1v) is 5.26. The summed E-state index contributed by atoms with van der Waals surface area (Å²) in [6.07, 6.45) is 8.73. The predicted molar refractivity (Wildman–Crippen MR) is 57.3 cm³/mol. The molecule has 1 aromatic rings. The zero-order chi connectivity index (χ0) is 10.7. The molecule has 0 bridgehead atoms. The molecular weight excluding hydrogens is 191 g/mol. The Morgan fingerprint density at radius 2 is 2.13 bits per heavy atom. The Balaban J connectivity index is 2.12. The van der Waals surface area contributed by atoms with Crippen molar-refractivity contribution in [2.45, 2.75) is 25.7 Å². The molecule has 0 saturated carbocycles. The van der Waals surface area contributed by atoms with Gasteiger partial charge in [-0.2, -0.15) is 0 Å². The molecule has 0 saturated heterocycles. The first-order valence-electron chi connectivity index (χ1n) is 5.26. The highest BCUT2D eigenvalue weighted by molar-refractivity contribution is 5.60. The van der Waals surface area contributed by atoms with Gasteiger partial charge in [-0.05, 0) is 30.8 Å². The van der Waals surface area contributed by atoms with E-state index >= 15 is 0 Å². The Bertz CT molecular complexity index is 356. The van der Waals surface area contributed by atoms with Crippen LogP contribution >= 0.6 is 0 Å². The van der Waals surface area contributed by atoms with Gasteiger partial charge in [0.2, 0.25) is 0 Å². The Morgan fingerprint density at radius 1 is 1.40 bits per heavy atom. The second-order valence-corrected chi connectivity index (χ2v) is 3.88. The summed E-state index contributed by atoms with van der Waals surface area (Å²) in [5.74, 6) is 0.971. The minimum absolute atomic E-state index is 0.384. The van der Waals surface area contributed by atoms with Crippen LogP contribution in [-0.4, -0.2) is 9.97 Å². The van der Waals surface area contributed by atoms with Crippen molar-refractivity contribution in [2.24, 2.45) is 5.92 Å². The highest BCUT2D eigenvalue weighted by Crippen LogP contribution is 2.29. The van der Waals surface area contributed by atoms with Gasteiger partial charge < -0.3 is 0 Å². The second kappa shape index (κ2) is 4.51. The molecule has 1 radical (unpaired) electrons. The van der Waals surface area contributed by atoms with Crippen LogP contribution < -0.4 is 0 Å². The highest BCUT2D eigenvalue weighted by atomic mass is 19.1. The summed E-state index contributed by atoms with van der Waals surface area (Å²) < 4.78 is 12.6. The molecule has 1 unspecified atom stereocenters. The normalized spacial score (nSPS) is 21.2. The van der Waals surface area contributed by atoms with Crippen LogP contribution in [0.3, 0.4) is 0 Å². The molecule has 1 aromatic heterocycles. The fraction of sp³-hybridized carbons (Fsp3) is 0.417. The lowest BCUT2D eigenvalue weighted by Crippen LogP contribution is -2.06. The van der Waals surface area contributed by atoms with Crippen molar-refractivity contribution in [3.05, 3.63) is 37.0 Å². The van der Waals surface area contributed by atoms with E-state index in [0.717, 1.165) is 31.3 Å². The lowest BCUT2D eigenvalue weighted by Gasteiger charge is -2.19. The largest absolute Gasteiger partial charge is 0.234 e. The van der Waals surface area contributed by atoms with Crippen LogP contribution in [0.2, 0.25) is 0 Å². The van der Waals surface area contributed by atoms with E-state index in [1.807, 2.05) is 0 Å². The summed E-state index contributed by atoms with van der Waals surface area (Å²) in [6, 6.07) is 0. The molecule has 79 valence electrons. The monoisotopic (exact) mass is 205 g/mol. The van der Waals surface area contributed by atoms with E-state index in [-0.39, 0.29) is 5.82 Å². The van der Waals surface area contributed by atoms with Crippen molar-refractivity contribution in [3.63, 3.8) is 0 Å². The molecule has 15 heavy (non-hydrogen) atoms. The van der Waals surface area contributed by atoms with E-state index in [4.69, 9.17) is 0 Å². The average Bonchev–Trinajstić information content (AvgIpc) is 2.30. The summed E-state index contributed by atoms with van der Waals surface area (Å²) in [7, 11) is 0. The van der Waals surface area contributed by atoms with Gasteiger partial charge in [-0.3, -0.25) is 0 Å². The van der Waals surface area contributed by atoms with E-state index < -0.39 is 0 Å². The third kappa shape index (κ3) is 2.41. The molecule has 2 nitrogen and oxygen atoms in total. The first kappa shape index (κ1) is 10.3. The molecule has 3 heteroatoms. The number of allylic oxidation sites excluding steroid dienone is 2. The van der Waals surface area contributed by atoms with Crippen LogP contribution in [0.1, 0.15) is 31.5 Å². The smallest absolute Gasteiger partial charge is 0.159 e. The Kier molecular flexibility index (Phi) is 3.09. The maximum Gasteiger partial charge on any atom is 0.159 e. The topological polar surface area (TPSA) is 25.8 Å². The third-order valence-electron chi connectivity index (χ3n) is 2.84. The van der Waals surface area contributed by atoms with Crippen LogP contribution in [0.15, 0.2) is 18.5 Å². The van der Waals surface area contributed by atoms with Crippen molar-refractivity contribution in [3.8, 4) is 0 Å². The molecule has 0 N–H and O–H groups in total. The lowest BCUT2D eigenvalue weighted by molar-refractivity contribution is 0.489. The number of aromatic nitrogens is 2. The zero-order valence-corrected chi connectivity index (χ0v) is 8.62. The minimum Gasteiger partial charge on any atom is -0.234 e. The Hall–Kier alpha value is -1.25. The van der Waals surface area contributed by atoms with Crippen molar-refractivity contribution in [1.82, 2.24) is 9.97 Å². The van der Waals surface area contributed by atoms with Gasteiger partial charge in [0, 0.05) is 0 Å². The van der Waals surface area contributed by atoms with Gasteiger partial charge in [0.15, 0.2) is 11.6 Å². The molecule has 0 fully saturated rings. The van der Waals surface area contributed by atoms with Gasteiger partial charge in [-0.25, -0.2) is 14.4 Å². The highest BCUT2D eigenvalue weighted by Gasteiger charge is 2.15. The molecule has 2 rings (SSSR count). The number of rotatable bonds is 2. The summed E-state index contributed by atoms with van der Waals surface area (Å²) >= 11 is 0. The van der Waals surface area contributed by atoms with Gasteiger partial charge in [0.25, 0.3) is 0 Å². The van der Waals surface area contributed by atoms with E-state index in [9.17, 15) is 4.39 Å². The van der Waals surface area contributed by atoms with Crippen molar-refractivity contribution in [1.29, 1.82) is 0 Å². The van der Waals surface area contributed by atoms with Crippen LogP contribution in [0, 0.1) is 18.7 Å². The van der Waals surface area contributed by atoms with E-state index in [1.54, 1.807) is 0 Å². The first-order chi connectivity index (χ1) is 7.29. The van der Waals surface area contributed by atoms with Crippen LogP contribution in [0.4, 0.5) is 4.39 Å². The van der Waals surface area contributed by atoms with E-state index in [2.05, 4.69) is 23.0 Å². The van der Waals surface area contributed by atoms with Crippen molar-refractivity contribution >= 4 is 5.57 Å². The molecule has 1 aliphatic rings. The molecular formula is C12H14FN2. The average molecular weight is 205 g/mol. The molecule has 1 atom stereocenters. The molecule has 0 amide bonds. The van der Waals surface area contributed by atoms with Crippen LogP contribution in [0.5, 0.6) is 0 Å². The maximum atomic E-state index is 12.6.